The van der Waals surface area contributed by atoms with E-state index in [0.717, 1.165) is 44.6 Å². The number of nitrogens with two attached hydrogens (primary N) is 1. The summed E-state index contributed by atoms with van der Waals surface area (Å²) in [7, 11) is 0. The first-order valence-electron chi connectivity index (χ1n) is 15.7. The highest BCUT2D eigenvalue weighted by Gasteiger charge is 2.12. The lowest BCUT2D eigenvalue weighted by molar-refractivity contribution is -0.0388. The monoisotopic (exact) mass is 554 g/mol. The zero-order chi connectivity index (χ0) is 28.5. The van der Waals surface area contributed by atoms with Gasteiger partial charge in [-0.05, 0) is 55.5 Å². The van der Waals surface area contributed by atoms with Gasteiger partial charge in [-0.3, -0.25) is 0 Å². The summed E-state index contributed by atoms with van der Waals surface area (Å²) in [4.78, 5) is 0. The lowest BCUT2D eigenvalue weighted by Gasteiger charge is -2.19. The predicted molar refractivity (Wildman–Crippen MR) is 165 cm³/mol. The minimum Gasteiger partial charge on any atom is -0.491 e. The van der Waals surface area contributed by atoms with Crippen molar-refractivity contribution in [3.8, 4) is 5.75 Å². The van der Waals surface area contributed by atoms with E-state index in [0.29, 0.717) is 18.8 Å². The molecule has 1 atom stereocenters. The third-order valence-corrected chi connectivity index (χ3v) is 7.20. The fraction of sp³-hybridized carbons (Fsp3) is 0.618. The third kappa shape index (κ3) is 16.5. The molecular formula is C34H54N2O4. The average Bonchev–Trinajstić information content (AvgIpc) is 2.99. The first kappa shape index (κ1) is 33.6. The lowest BCUT2D eigenvalue weighted by atomic mass is 10.1. The maximum atomic E-state index is 8.85. The van der Waals surface area contributed by atoms with Crippen molar-refractivity contribution in [1.82, 2.24) is 0 Å². The van der Waals surface area contributed by atoms with Gasteiger partial charge in [0.15, 0.2) is 5.84 Å². The van der Waals surface area contributed by atoms with Gasteiger partial charge in [0.05, 0.1) is 6.61 Å². The van der Waals surface area contributed by atoms with E-state index in [9.17, 15) is 0 Å². The van der Waals surface area contributed by atoms with E-state index in [1.54, 1.807) is 12.1 Å². The Kier molecular flexibility index (Phi) is 19.5. The van der Waals surface area contributed by atoms with Crippen molar-refractivity contribution in [3.05, 3.63) is 65.7 Å². The van der Waals surface area contributed by atoms with Crippen molar-refractivity contribution in [3.63, 3.8) is 0 Å². The van der Waals surface area contributed by atoms with Crippen LogP contribution in [0.15, 0.2) is 59.8 Å². The quantitative estimate of drug-likeness (QED) is 0.0424. The van der Waals surface area contributed by atoms with Gasteiger partial charge in [0.1, 0.15) is 18.5 Å². The standard InChI is InChI=1S/C34H54N2O4/c1-2-3-4-5-6-7-8-9-10-11-12-17-27-39-33(28-38-26-18-16-21-30-19-14-13-15-20-30)29-40-32-24-22-31(23-25-32)34(35)36-37/h13-15,19-20,22-25,33,37H,2-12,16-18,21,26-29H2,1H3,(H2,35,36). The van der Waals surface area contributed by atoms with Gasteiger partial charge in [0.2, 0.25) is 0 Å². The van der Waals surface area contributed by atoms with Crippen LogP contribution in [-0.2, 0) is 15.9 Å². The summed E-state index contributed by atoms with van der Waals surface area (Å²) >= 11 is 0. The van der Waals surface area contributed by atoms with E-state index in [2.05, 4.69) is 42.4 Å². The number of hydrogen-bond acceptors (Lipinski definition) is 5. The molecule has 0 aromatic heterocycles. The molecule has 3 N–H and O–H groups in total. The number of aryl methyl sites for hydroxylation is 1. The summed E-state index contributed by atoms with van der Waals surface area (Å²) in [6.45, 7) is 4.67. The molecule has 0 bridgehead atoms. The van der Waals surface area contributed by atoms with E-state index >= 15 is 0 Å². The predicted octanol–water partition coefficient (Wildman–Crippen LogP) is 8.29. The van der Waals surface area contributed by atoms with Crippen LogP contribution in [0.2, 0.25) is 0 Å². The molecule has 6 heteroatoms. The summed E-state index contributed by atoms with van der Waals surface area (Å²) in [5.74, 6) is 0.798. The number of nitrogens with zero attached hydrogens (tertiary/aromatic N) is 1. The van der Waals surface area contributed by atoms with E-state index in [-0.39, 0.29) is 11.9 Å². The van der Waals surface area contributed by atoms with E-state index in [1.165, 1.54) is 76.2 Å². The maximum Gasteiger partial charge on any atom is 0.170 e. The Bertz CT molecular complexity index is 873. The smallest absolute Gasteiger partial charge is 0.170 e. The minimum absolute atomic E-state index is 0.0795. The first-order valence-corrected chi connectivity index (χ1v) is 15.7. The van der Waals surface area contributed by atoms with Gasteiger partial charge in [-0.25, -0.2) is 0 Å². The van der Waals surface area contributed by atoms with Crippen LogP contribution in [0.5, 0.6) is 5.75 Å². The third-order valence-electron chi connectivity index (χ3n) is 7.20. The molecule has 2 aromatic rings. The summed E-state index contributed by atoms with van der Waals surface area (Å²) < 4.78 is 18.2. The Morgan fingerprint density at radius 1 is 0.725 bits per heavy atom. The Balaban J connectivity index is 1.62. The molecule has 2 rings (SSSR count). The van der Waals surface area contributed by atoms with E-state index < -0.39 is 0 Å². The summed E-state index contributed by atoms with van der Waals surface area (Å²) in [5, 5.41) is 11.9. The van der Waals surface area contributed by atoms with Crippen LogP contribution >= 0.6 is 0 Å². The molecule has 0 aliphatic heterocycles. The molecule has 0 saturated carbocycles. The molecule has 6 nitrogen and oxygen atoms in total. The average molecular weight is 555 g/mol. The minimum atomic E-state index is -0.120. The van der Waals surface area contributed by atoms with Crippen molar-refractivity contribution >= 4 is 5.84 Å². The fourth-order valence-corrected chi connectivity index (χ4v) is 4.70. The van der Waals surface area contributed by atoms with Crippen LogP contribution in [0.25, 0.3) is 0 Å². The van der Waals surface area contributed by atoms with Gasteiger partial charge >= 0.3 is 0 Å². The Morgan fingerprint density at radius 3 is 1.95 bits per heavy atom. The second kappa shape index (κ2) is 23.2. The Labute approximate surface area is 243 Å². The molecular weight excluding hydrogens is 500 g/mol. The van der Waals surface area contributed by atoms with Crippen LogP contribution in [0, 0.1) is 0 Å². The van der Waals surface area contributed by atoms with E-state index in [4.69, 9.17) is 25.2 Å². The first-order chi connectivity index (χ1) is 19.7. The molecule has 0 aliphatic rings. The summed E-state index contributed by atoms with van der Waals surface area (Å²) in [5.41, 5.74) is 7.67. The van der Waals surface area contributed by atoms with Crippen LogP contribution < -0.4 is 10.5 Å². The topological polar surface area (TPSA) is 86.3 Å². The molecule has 0 saturated heterocycles. The molecule has 0 fully saturated rings. The Morgan fingerprint density at radius 2 is 1.32 bits per heavy atom. The van der Waals surface area contributed by atoms with Crippen molar-refractivity contribution < 1.29 is 19.4 Å². The van der Waals surface area contributed by atoms with Gasteiger partial charge in [-0.15, -0.1) is 0 Å². The number of ether oxygens (including phenoxy) is 3. The number of amidine groups is 1. The van der Waals surface area contributed by atoms with Gasteiger partial charge in [-0.1, -0.05) is 113 Å². The lowest BCUT2D eigenvalue weighted by Crippen LogP contribution is -2.28. The summed E-state index contributed by atoms with van der Waals surface area (Å²) in [6, 6.07) is 17.8. The van der Waals surface area contributed by atoms with Gasteiger partial charge in [-0.2, -0.15) is 0 Å². The zero-order valence-electron chi connectivity index (χ0n) is 24.9. The normalized spacial score (nSPS) is 12.5. The zero-order valence-corrected chi connectivity index (χ0v) is 24.9. The summed E-state index contributed by atoms with van der Waals surface area (Å²) in [6.07, 6.45) is 19.0. The second-order valence-corrected chi connectivity index (χ2v) is 10.7. The number of oxime groups is 1. The number of hydrogen-bond donors (Lipinski definition) is 2. The van der Waals surface area contributed by atoms with Crippen LogP contribution in [0.3, 0.4) is 0 Å². The molecule has 0 aliphatic carbocycles. The SMILES string of the molecule is CCCCCCCCCCCCCCOC(COCCCCc1ccccc1)COc1ccc(/C(N)=N/O)cc1. The highest BCUT2D eigenvalue weighted by atomic mass is 16.6. The fourth-order valence-electron chi connectivity index (χ4n) is 4.70. The highest BCUT2D eigenvalue weighted by molar-refractivity contribution is 5.97. The molecule has 40 heavy (non-hydrogen) atoms. The van der Waals surface area contributed by atoms with Crippen molar-refractivity contribution in [1.29, 1.82) is 0 Å². The molecule has 0 spiro atoms. The number of benzene rings is 2. The van der Waals surface area contributed by atoms with Crippen molar-refractivity contribution in [2.45, 2.75) is 109 Å². The second-order valence-electron chi connectivity index (χ2n) is 10.7. The van der Waals surface area contributed by atoms with Crippen LogP contribution in [0.1, 0.15) is 108 Å². The van der Waals surface area contributed by atoms with Crippen molar-refractivity contribution in [2.75, 3.05) is 26.4 Å². The molecule has 0 amide bonds. The molecule has 224 valence electrons. The van der Waals surface area contributed by atoms with Gasteiger partial charge < -0.3 is 25.2 Å². The number of rotatable bonds is 25. The van der Waals surface area contributed by atoms with Crippen LogP contribution in [-0.4, -0.2) is 43.6 Å². The Hall–Kier alpha value is -2.57. The van der Waals surface area contributed by atoms with Gasteiger partial charge in [0.25, 0.3) is 0 Å². The number of unbranched alkanes of at least 4 members (excludes halogenated alkanes) is 12. The maximum absolute atomic E-state index is 8.85. The van der Waals surface area contributed by atoms with Gasteiger partial charge in [0, 0.05) is 18.8 Å². The largest absolute Gasteiger partial charge is 0.491 e. The van der Waals surface area contributed by atoms with Crippen LogP contribution in [0.4, 0.5) is 0 Å². The van der Waals surface area contributed by atoms with Crippen molar-refractivity contribution in [2.24, 2.45) is 10.9 Å². The highest BCUT2D eigenvalue weighted by Crippen LogP contribution is 2.15. The molecule has 1 unspecified atom stereocenters. The molecule has 0 radical (unpaired) electrons. The van der Waals surface area contributed by atoms with E-state index in [1.807, 2.05) is 12.1 Å². The molecule has 0 heterocycles. The molecule has 2 aromatic carbocycles.